The molecule has 8 heteroatoms. The van der Waals surface area contributed by atoms with Crippen LogP contribution >= 0.6 is 0 Å². The van der Waals surface area contributed by atoms with Crippen LogP contribution in [0.4, 0.5) is 5.69 Å². The van der Waals surface area contributed by atoms with E-state index in [1.54, 1.807) is 6.92 Å². The number of sulfone groups is 1. The predicted octanol–water partition coefficient (Wildman–Crippen LogP) is 0.864. The second-order valence-corrected chi connectivity index (χ2v) is 8.35. The molecule has 0 aromatic carbocycles. The first kappa shape index (κ1) is 17.0. The Morgan fingerprint density at radius 2 is 2.00 bits per heavy atom. The topological polar surface area (TPSA) is 95.2 Å². The number of nitrogens with zero attached hydrogens (tertiary/aromatic N) is 2. The molecule has 0 aliphatic carbocycles. The summed E-state index contributed by atoms with van der Waals surface area (Å²) in [5.41, 5.74) is 2.32. The molecule has 0 bridgehead atoms. The van der Waals surface area contributed by atoms with E-state index in [0.29, 0.717) is 25.9 Å². The zero-order valence-electron chi connectivity index (χ0n) is 13.3. The van der Waals surface area contributed by atoms with E-state index in [1.165, 1.54) is 0 Å². The quantitative estimate of drug-likeness (QED) is 0.836. The van der Waals surface area contributed by atoms with Crippen molar-refractivity contribution < 1.29 is 13.2 Å². The molecule has 0 atom stereocenters. The summed E-state index contributed by atoms with van der Waals surface area (Å²) < 4.78 is 23.7. The van der Waals surface area contributed by atoms with Crippen LogP contribution in [0.25, 0.3) is 0 Å². The summed E-state index contributed by atoms with van der Waals surface area (Å²) in [4.78, 5) is 14.1. The molecular weight excluding hydrogens is 304 g/mol. The predicted molar refractivity (Wildman–Crippen MR) is 85.6 cm³/mol. The van der Waals surface area contributed by atoms with Crippen LogP contribution in [0.5, 0.6) is 0 Å². The molecule has 2 rings (SSSR count). The molecule has 2 heterocycles. The second-order valence-electron chi connectivity index (χ2n) is 5.78. The first-order chi connectivity index (χ1) is 10.3. The molecule has 0 unspecified atom stereocenters. The summed E-state index contributed by atoms with van der Waals surface area (Å²) in [6, 6.07) is 0. The van der Waals surface area contributed by atoms with Gasteiger partial charge >= 0.3 is 0 Å². The first-order valence-corrected chi connectivity index (χ1v) is 9.30. The first-order valence-electron chi connectivity index (χ1n) is 7.58. The van der Waals surface area contributed by atoms with Crippen LogP contribution in [-0.2, 0) is 14.6 Å². The highest BCUT2D eigenvalue weighted by molar-refractivity contribution is 7.92. The SMILES string of the molecule is CCS(=O)(=O)C1CCN(CC(=O)Nc2c(C)n[nH]c2C)CC1. The van der Waals surface area contributed by atoms with Crippen molar-refractivity contribution >= 4 is 21.4 Å². The van der Waals surface area contributed by atoms with E-state index in [1.807, 2.05) is 18.7 Å². The minimum absolute atomic E-state index is 0.0931. The number of likely N-dealkylation sites (tertiary alicyclic amines) is 1. The summed E-state index contributed by atoms with van der Waals surface area (Å²) in [5.74, 6) is 0.0985. The lowest BCUT2D eigenvalue weighted by atomic mass is 10.1. The van der Waals surface area contributed by atoms with Crippen molar-refractivity contribution in [1.82, 2.24) is 15.1 Å². The van der Waals surface area contributed by atoms with E-state index in [0.717, 1.165) is 17.1 Å². The number of nitrogens with one attached hydrogen (secondary N) is 2. The average molecular weight is 328 g/mol. The van der Waals surface area contributed by atoms with Crippen molar-refractivity contribution in [1.29, 1.82) is 0 Å². The molecule has 1 saturated heterocycles. The van der Waals surface area contributed by atoms with Gasteiger partial charge in [-0.05, 0) is 39.8 Å². The highest BCUT2D eigenvalue weighted by Gasteiger charge is 2.29. The molecule has 124 valence electrons. The molecule has 0 saturated carbocycles. The summed E-state index contributed by atoms with van der Waals surface area (Å²) in [5, 5.41) is 9.48. The summed E-state index contributed by atoms with van der Waals surface area (Å²) in [7, 11) is -2.97. The number of rotatable bonds is 5. The Bertz CT molecular complexity index is 611. The third-order valence-electron chi connectivity index (χ3n) is 4.20. The van der Waals surface area contributed by atoms with E-state index in [4.69, 9.17) is 0 Å². The Hall–Kier alpha value is -1.41. The Kier molecular flexibility index (Phi) is 5.23. The lowest BCUT2D eigenvalue weighted by Gasteiger charge is -2.30. The number of anilines is 1. The van der Waals surface area contributed by atoms with Gasteiger partial charge in [0.1, 0.15) is 0 Å². The Labute approximate surface area is 131 Å². The molecule has 0 spiro atoms. The van der Waals surface area contributed by atoms with Crippen molar-refractivity contribution in [3.8, 4) is 0 Å². The number of amides is 1. The van der Waals surface area contributed by atoms with Gasteiger partial charge in [0.05, 0.1) is 28.9 Å². The number of piperidine rings is 1. The van der Waals surface area contributed by atoms with Crippen LogP contribution in [0, 0.1) is 13.8 Å². The molecular formula is C14H24N4O3S. The average Bonchev–Trinajstić information content (AvgIpc) is 2.79. The van der Waals surface area contributed by atoms with Crippen LogP contribution in [-0.4, -0.2) is 60.1 Å². The van der Waals surface area contributed by atoms with Gasteiger partial charge in [-0.25, -0.2) is 8.42 Å². The number of aryl methyl sites for hydroxylation is 2. The summed E-state index contributed by atoms with van der Waals surface area (Å²) >= 11 is 0. The van der Waals surface area contributed by atoms with Crippen molar-refractivity contribution in [2.75, 3.05) is 30.7 Å². The van der Waals surface area contributed by atoms with Gasteiger partial charge in [0.15, 0.2) is 9.84 Å². The molecule has 22 heavy (non-hydrogen) atoms. The normalized spacial score (nSPS) is 17.6. The molecule has 1 amide bonds. The maximum absolute atomic E-state index is 12.1. The van der Waals surface area contributed by atoms with E-state index < -0.39 is 9.84 Å². The van der Waals surface area contributed by atoms with Gasteiger partial charge in [-0.2, -0.15) is 5.10 Å². The van der Waals surface area contributed by atoms with Gasteiger partial charge in [0, 0.05) is 5.75 Å². The molecule has 7 nitrogen and oxygen atoms in total. The number of hydrogen-bond acceptors (Lipinski definition) is 5. The van der Waals surface area contributed by atoms with Crippen LogP contribution in [0.15, 0.2) is 0 Å². The number of aromatic nitrogens is 2. The van der Waals surface area contributed by atoms with Gasteiger partial charge in [-0.3, -0.25) is 14.8 Å². The molecule has 1 aliphatic heterocycles. The van der Waals surface area contributed by atoms with Crippen molar-refractivity contribution in [2.45, 2.75) is 38.9 Å². The molecule has 1 aliphatic rings. The van der Waals surface area contributed by atoms with E-state index >= 15 is 0 Å². The van der Waals surface area contributed by atoms with Crippen molar-refractivity contribution in [3.63, 3.8) is 0 Å². The van der Waals surface area contributed by atoms with Gasteiger partial charge in [0.25, 0.3) is 0 Å². The molecule has 0 radical (unpaired) electrons. The van der Waals surface area contributed by atoms with Crippen LogP contribution in [0.1, 0.15) is 31.2 Å². The summed E-state index contributed by atoms with van der Waals surface area (Å²) in [6.07, 6.45) is 1.21. The van der Waals surface area contributed by atoms with E-state index in [2.05, 4.69) is 15.5 Å². The number of carbonyl (C=O) groups is 1. The van der Waals surface area contributed by atoms with Crippen molar-refractivity contribution in [2.24, 2.45) is 0 Å². The Balaban J connectivity index is 1.85. The highest BCUT2D eigenvalue weighted by atomic mass is 32.2. The van der Waals surface area contributed by atoms with E-state index in [-0.39, 0.29) is 23.5 Å². The maximum Gasteiger partial charge on any atom is 0.238 e. The third-order valence-corrected chi connectivity index (χ3v) is 6.50. The molecule has 1 aromatic rings. The monoisotopic (exact) mass is 328 g/mol. The minimum atomic E-state index is -2.97. The number of aromatic amines is 1. The third kappa shape index (κ3) is 3.86. The standard InChI is InChI=1S/C14H24N4O3S/c1-4-22(20,21)12-5-7-18(8-6-12)9-13(19)15-14-10(2)16-17-11(14)3/h12H,4-9H2,1-3H3,(H,15,19)(H,16,17). The lowest BCUT2D eigenvalue weighted by molar-refractivity contribution is -0.117. The summed E-state index contributed by atoms with van der Waals surface area (Å²) in [6.45, 7) is 6.94. The van der Waals surface area contributed by atoms with Gasteiger partial charge in [-0.1, -0.05) is 6.92 Å². The lowest BCUT2D eigenvalue weighted by Crippen LogP contribution is -2.43. The fourth-order valence-corrected chi connectivity index (χ4v) is 4.18. The van der Waals surface area contributed by atoms with Crippen LogP contribution < -0.4 is 5.32 Å². The Morgan fingerprint density at radius 3 is 2.50 bits per heavy atom. The zero-order valence-corrected chi connectivity index (χ0v) is 14.2. The van der Waals surface area contributed by atoms with Crippen LogP contribution in [0.3, 0.4) is 0 Å². The minimum Gasteiger partial charge on any atom is -0.322 e. The number of hydrogen-bond donors (Lipinski definition) is 2. The largest absolute Gasteiger partial charge is 0.322 e. The van der Waals surface area contributed by atoms with Gasteiger partial charge in [0.2, 0.25) is 5.91 Å². The second kappa shape index (κ2) is 6.78. The number of H-pyrrole nitrogens is 1. The number of carbonyl (C=O) groups excluding carboxylic acids is 1. The van der Waals surface area contributed by atoms with Crippen molar-refractivity contribution in [3.05, 3.63) is 11.4 Å². The highest BCUT2D eigenvalue weighted by Crippen LogP contribution is 2.19. The van der Waals surface area contributed by atoms with Gasteiger partial charge < -0.3 is 5.32 Å². The maximum atomic E-state index is 12.1. The zero-order chi connectivity index (χ0) is 16.3. The molecule has 1 fully saturated rings. The smallest absolute Gasteiger partial charge is 0.238 e. The molecule has 2 N–H and O–H groups in total. The fraction of sp³-hybridized carbons (Fsp3) is 0.714. The molecule has 1 aromatic heterocycles. The van der Waals surface area contributed by atoms with Crippen LogP contribution in [0.2, 0.25) is 0 Å². The Morgan fingerprint density at radius 1 is 1.36 bits per heavy atom. The fourth-order valence-electron chi connectivity index (χ4n) is 2.78. The van der Waals surface area contributed by atoms with E-state index in [9.17, 15) is 13.2 Å². The van der Waals surface area contributed by atoms with Gasteiger partial charge in [-0.15, -0.1) is 0 Å².